The van der Waals surface area contributed by atoms with E-state index in [9.17, 15) is 0 Å². The van der Waals surface area contributed by atoms with E-state index >= 15 is 0 Å². The summed E-state index contributed by atoms with van der Waals surface area (Å²) in [5.74, 6) is 0. The summed E-state index contributed by atoms with van der Waals surface area (Å²) in [6.45, 7) is 4.22. The molecule has 0 spiro atoms. The Morgan fingerprint density at radius 3 is 2.60 bits per heavy atom. The van der Waals surface area contributed by atoms with Crippen LogP contribution in [0, 0.1) is 0 Å². The van der Waals surface area contributed by atoms with E-state index in [1.54, 1.807) is 0 Å². The molecule has 0 saturated carbocycles. The molecular formula is C12H15IO2. The van der Waals surface area contributed by atoms with Gasteiger partial charge in [0.25, 0.3) is 0 Å². The molecule has 0 N–H and O–H groups in total. The van der Waals surface area contributed by atoms with E-state index in [0.717, 1.165) is 6.42 Å². The van der Waals surface area contributed by atoms with Crippen LogP contribution in [0.5, 0.6) is 0 Å². The van der Waals surface area contributed by atoms with Crippen molar-refractivity contribution < 1.29 is 9.47 Å². The highest BCUT2D eigenvalue weighted by Gasteiger charge is 2.37. The van der Waals surface area contributed by atoms with Gasteiger partial charge in [-0.1, -0.05) is 30.3 Å². The molecule has 82 valence electrons. The minimum atomic E-state index is -0.217. The van der Waals surface area contributed by atoms with Crippen LogP contribution < -0.4 is 0 Å². The first kappa shape index (κ1) is 11.4. The smallest absolute Gasteiger partial charge is 0.211 e. The zero-order valence-corrected chi connectivity index (χ0v) is 11.1. The number of alkyl halides is 1. The third-order valence-corrected chi connectivity index (χ3v) is 3.30. The second-order valence-electron chi connectivity index (χ2n) is 4.14. The summed E-state index contributed by atoms with van der Waals surface area (Å²) in [7, 11) is 0. The van der Waals surface area contributed by atoms with Crippen molar-refractivity contribution in [2.24, 2.45) is 0 Å². The molecule has 0 bridgehead atoms. The lowest BCUT2D eigenvalue weighted by Gasteiger charge is -2.40. The SMILES string of the molecule is CC1CC(C)(c2ccccc2)OC(I)O1. The van der Waals surface area contributed by atoms with E-state index in [0.29, 0.717) is 0 Å². The number of halogens is 1. The Kier molecular flexibility index (Phi) is 3.33. The molecule has 0 aliphatic carbocycles. The number of hydrogen-bond donors (Lipinski definition) is 0. The second kappa shape index (κ2) is 4.39. The topological polar surface area (TPSA) is 18.5 Å². The van der Waals surface area contributed by atoms with Crippen molar-refractivity contribution in [1.29, 1.82) is 0 Å². The van der Waals surface area contributed by atoms with Gasteiger partial charge in [-0.15, -0.1) is 0 Å². The summed E-state index contributed by atoms with van der Waals surface area (Å²) >= 11 is 2.18. The van der Waals surface area contributed by atoms with E-state index in [-0.39, 0.29) is 16.0 Å². The van der Waals surface area contributed by atoms with Gasteiger partial charge in [0.15, 0.2) is 0 Å². The van der Waals surface area contributed by atoms with E-state index < -0.39 is 0 Å². The van der Waals surface area contributed by atoms with Gasteiger partial charge in [0, 0.05) is 6.42 Å². The molecule has 3 atom stereocenters. The second-order valence-corrected chi connectivity index (χ2v) is 5.16. The van der Waals surface area contributed by atoms with E-state index in [1.165, 1.54) is 5.56 Å². The molecule has 3 unspecified atom stereocenters. The van der Waals surface area contributed by atoms with Crippen LogP contribution in [0.4, 0.5) is 0 Å². The molecule has 1 aromatic carbocycles. The van der Waals surface area contributed by atoms with Crippen molar-refractivity contribution in [3.05, 3.63) is 35.9 Å². The Balaban J connectivity index is 2.26. The molecule has 0 radical (unpaired) electrons. The molecule has 1 aliphatic rings. The fourth-order valence-corrected chi connectivity index (χ4v) is 3.10. The summed E-state index contributed by atoms with van der Waals surface area (Å²) in [5.41, 5.74) is 1.01. The van der Waals surface area contributed by atoms with E-state index in [1.807, 2.05) is 18.2 Å². The molecular weight excluding hydrogens is 303 g/mol. The van der Waals surface area contributed by atoms with E-state index in [4.69, 9.17) is 9.47 Å². The van der Waals surface area contributed by atoms with Crippen LogP contribution in [0.2, 0.25) is 0 Å². The van der Waals surface area contributed by atoms with Gasteiger partial charge in [-0.05, 0) is 42.0 Å². The maximum Gasteiger partial charge on any atom is 0.211 e. The van der Waals surface area contributed by atoms with Gasteiger partial charge in [0.2, 0.25) is 4.30 Å². The average molecular weight is 318 g/mol. The van der Waals surface area contributed by atoms with Gasteiger partial charge in [-0.3, -0.25) is 0 Å². The predicted molar refractivity (Wildman–Crippen MR) is 67.9 cm³/mol. The van der Waals surface area contributed by atoms with Crippen molar-refractivity contribution in [3.8, 4) is 0 Å². The molecule has 0 aromatic heterocycles. The van der Waals surface area contributed by atoms with Crippen LogP contribution in [0.3, 0.4) is 0 Å². The fraction of sp³-hybridized carbons (Fsp3) is 0.500. The zero-order valence-electron chi connectivity index (χ0n) is 8.94. The highest BCUT2D eigenvalue weighted by atomic mass is 127. The molecule has 3 heteroatoms. The standard InChI is InChI=1S/C12H15IO2/c1-9-8-12(2,15-11(13)14-9)10-6-4-3-5-7-10/h3-7,9,11H,8H2,1-2H3. The first-order valence-electron chi connectivity index (χ1n) is 5.13. The molecule has 1 aliphatic heterocycles. The Labute approximate surface area is 104 Å². The Bertz CT molecular complexity index is 316. The lowest BCUT2D eigenvalue weighted by Crippen LogP contribution is -2.40. The summed E-state index contributed by atoms with van der Waals surface area (Å²) in [6.07, 6.45) is 1.14. The number of hydrogen-bond acceptors (Lipinski definition) is 2. The Morgan fingerprint density at radius 1 is 1.33 bits per heavy atom. The fourth-order valence-electron chi connectivity index (χ4n) is 2.04. The lowest BCUT2D eigenvalue weighted by molar-refractivity contribution is -0.229. The van der Waals surface area contributed by atoms with Crippen molar-refractivity contribution in [3.63, 3.8) is 0 Å². The van der Waals surface area contributed by atoms with Crippen LogP contribution in [-0.4, -0.2) is 10.4 Å². The summed E-state index contributed by atoms with van der Waals surface area (Å²) < 4.78 is 11.3. The number of rotatable bonds is 1. The minimum Gasteiger partial charge on any atom is -0.341 e. The molecule has 1 aromatic rings. The van der Waals surface area contributed by atoms with Crippen LogP contribution in [0.15, 0.2) is 30.3 Å². The largest absolute Gasteiger partial charge is 0.341 e. The molecule has 2 nitrogen and oxygen atoms in total. The van der Waals surface area contributed by atoms with Crippen molar-refractivity contribution in [2.75, 3.05) is 0 Å². The normalized spacial score (nSPS) is 36.5. The van der Waals surface area contributed by atoms with Gasteiger partial charge in [0.1, 0.15) is 0 Å². The number of ether oxygens (including phenoxy) is 2. The highest BCUT2D eigenvalue weighted by molar-refractivity contribution is 14.1. The maximum atomic E-state index is 5.89. The Morgan fingerprint density at radius 2 is 2.00 bits per heavy atom. The summed E-state index contributed by atoms with van der Waals surface area (Å²) in [6, 6.07) is 10.3. The Hall–Kier alpha value is -0.130. The quantitative estimate of drug-likeness (QED) is 0.583. The zero-order chi connectivity index (χ0) is 10.9. The molecule has 1 heterocycles. The van der Waals surface area contributed by atoms with Gasteiger partial charge in [-0.25, -0.2) is 0 Å². The van der Waals surface area contributed by atoms with Gasteiger partial charge >= 0.3 is 0 Å². The van der Waals surface area contributed by atoms with Gasteiger partial charge < -0.3 is 9.47 Å². The maximum absolute atomic E-state index is 5.89. The monoisotopic (exact) mass is 318 g/mol. The summed E-state index contributed by atoms with van der Waals surface area (Å²) in [5, 5.41) is 0. The number of benzene rings is 1. The summed E-state index contributed by atoms with van der Waals surface area (Å²) in [4.78, 5) is 0. The minimum absolute atomic E-state index is 0.156. The molecule has 0 amide bonds. The van der Waals surface area contributed by atoms with Crippen LogP contribution in [0.25, 0.3) is 0 Å². The van der Waals surface area contributed by atoms with Gasteiger partial charge in [0.05, 0.1) is 11.7 Å². The molecule has 15 heavy (non-hydrogen) atoms. The van der Waals surface area contributed by atoms with Gasteiger partial charge in [-0.2, -0.15) is 0 Å². The highest BCUT2D eigenvalue weighted by Crippen LogP contribution is 2.38. The molecule has 2 rings (SSSR count). The van der Waals surface area contributed by atoms with E-state index in [2.05, 4.69) is 48.6 Å². The van der Waals surface area contributed by atoms with Crippen LogP contribution in [0.1, 0.15) is 25.8 Å². The van der Waals surface area contributed by atoms with Crippen molar-refractivity contribution >= 4 is 22.6 Å². The lowest BCUT2D eigenvalue weighted by atomic mass is 9.89. The predicted octanol–water partition coefficient (Wildman–Crippen LogP) is 3.45. The third kappa shape index (κ3) is 2.52. The first-order chi connectivity index (χ1) is 7.10. The van der Waals surface area contributed by atoms with Crippen LogP contribution in [-0.2, 0) is 15.1 Å². The van der Waals surface area contributed by atoms with Crippen molar-refractivity contribution in [1.82, 2.24) is 0 Å². The average Bonchev–Trinajstić information content (AvgIpc) is 2.17. The first-order valence-corrected chi connectivity index (χ1v) is 6.37. The molecule has 1 fully saturated rings. The van der Waals surface area contributed by atoms with Crippen LogP contribution >= 0.6 is 22.6 Å². The third-order valence-electron chi connectivity index (χ3n) is 2.75. The molecule has 1 saturated heterocycles. The van der Waals surface area contributed by atoms with Crippen molar-refractivity contribution in [2.45, 2.75) is 36.3 Å².